The van der Waals surface area contributed by atoms with Crippen molar-refractivity contribution in [1.82, 2.24) is 9.78 Å². The van der Waals surface area contributed by atoms with Gasteiger partial charge < -0.3 is 9.84 Å². The van der Waals surface area contributed by atoms with Crippen molar-refractivity contribution < 1.29 is 32.2 Å². The van der Waals surface area contributed by atoms with Crippen molar-refractivity contribution in [3.05, 3.63) is 51.9 Å². The Balaban J connectivity index is 2.47. The highest BCUT2D eigenvalue weighted by atomic mass is 35.5. The van der Waals surface area contributed by atoms with Gasteiger partial charge in [-0.25, -0.2) is 4.79 Å². The van der Waals surface area contributed by atoms with E-state index in [-0.39, 0.29) is 11.4 Å². The summed E-state index contributed by atoms with van der Waals surface area (Å²) < 4.78 is 56.9. The third kappa shape index (κ3) is 3.90. The van der Waals surface area contributed by atoms with Gasteiger partial charge in [0.05, 0.1) is 17.4 Å². The molecule has 6 nitrogen and oxygen atoms in total. The summed E-state index contributed by atoms with van der Waals surface area (Å²) in [6.07, 6.45) is -4.27. The lowest BCUT2D eigenvalue weighted by atomic mass is 10.2. The predicted molar refractivity (Wildman–Crippen MR) is 77.5 cm³/mol. The van der Waals surface area contributed by atoms with Crippen molar-refractivity contribution >= 4 is 17.6 Å². The molecule has 2 aromatic rings. The van der Waals surface area contributed by atoms with Gasteiger partial charge in [0.2, 0.25) is 0 Å². The van der Waals surface area contributed by atoms with Crippen LogP contribution in [0.3, 0.4) is 0 Å². The summed E-state index contributed by atoms with van der Waals surface area (Å²) in [4.78, 5) is 22.7. The van der Waals surface area contributed by atoms with Gasteiger partial charge in [0.25, 0.3) is 5.56 Å². The van der Waals surface area contributed by atoms with Crippen LogP contribution >= 0.6 is 11.6 Å². The van der Waals surface area contributed by atoms with Gasteiger partial charge in [0.15, 0.2) is 0 Å². The number of carboxylic acids is 1. The van der Waals surface area contributed by atoms with E-state index in [9.17, 15) is 27.2 Å². The molecule has 0 fully saturated rings. The smallest absolute Gasteiger partial charge is 0.426 e. The molecule has 2 rings (SSSR count). The molecule has 11 heteroatoms. The Morgan fingerprint density at radius 2 is 1.96 bits per heavy atom. The van der Waals surface area contributed by atoms with Crippen LogP contribution in [0.1, 0.15) is 11.1 Å². The lowest BCUT2D eigenvalue weighted by molar-refractivity contribution is -0.159. The first kappa shape index (κ1) is 18.7. The fraction of sp³-hybridized carbons (Fsp3) is 0.214. The molecule has 0 amide bonds. The zero-order valence-corrected chi connectivity index (χ0v) is 13.1. The van der Waals surface area contributed by atoms with E-state index in [1.165, 1.54) is 12.1 Å². The minimum atomic E-state index is -4.74. The Hall–Kier alpha value is -2.62. The largest absolute Gasteiger partial charge is 0.475 e. The first-order chi connectivity index (χ1) is 11.4. The number of benzene rings is 1. The molecule has 0 aliphatic rings. The Morgan fingerprint density at radius 3 is 2.52 bits per heavy atom. The Morgan fingerprint density at radius 1 is 1.32 bits per heavy atom. The number of ether oxygens (including phenoxy) is 1. The zero-order valence-electron chi connectivity index (χ0n) is 12.3. The molecular weight excluding hydrogens is 372 g/mol. The monoisotopic (exact) mass is 380 g/mol. The molecule has 25 heavy (non-hydrogen) atoms. The number of carboxylic acid groups (broad SMARTS) is 1. The fourth-order valence-electron chi connectivity index (χ4n) is 1.88. The van der Waals surface area contributed by atoms with Gasteiger partial charge >= 0.3 is 17.5 Å². The van der Waals surface area contributed by atoms with E-state index in [0.29, 0.717) is 10.9 Å². The van der Waals surface area contributed by atoms with Gasteiger partial charge in [0.1, 0.15) is 5.75 Å². The summed E-state index contributed by atoms with van der Waals surface area (Å²) in [6.45, 7) is 0.986. The molecule has 0 saturated heterocycles. The minimum Gasteiger partial charge on any atom is -0.475 e. The summed E-state index contributed by atoms with van der Waals surface area (Å²) in [5.41, 5.74) is -2.90. The van der Waals surface area contributed by atoms with Crippen molar-refractivity contribution in [3.8, 4) is 11.4 Å². The number of aliphatic carboxylic acids is 1. The summed E-state index contributed by atoms with van der Waals surface area (Å²) in [5, 5.41) is 8.46. The standard InChI is InChI=1S/C14H9ClF4N2O4/c1-7-10(14(17,18)19)6-20-21(11(7)22)8-3-2-4-9(5-8)25-13(15,16)12(23)24/h2-6H,1H3,(H,23,24). The third-order valence-corrected chi connectivity index (χ3v) is 3.32. The number of carbonyl (C=O) groups is 1. The summed E-state index contributed by atoms with van der Waals surface area (Å²) in [7, 11) is 0. The van der Waals surface area contributed by atoms with Crippen LogP contribution < -0.4 is 10.3 Å². The highest BCUT2D eigenvalue weighted by Gasteiger charge is 2.39. The molecule has 1 unspecified atom stereocenters. The Kier molecular flexibility index (Phi) is 4.76. The van der Waals surface area contributed by atoms with Crippen molar-refractivity contribution in [2.75, 3.05) is 0 Å². The van der Waals surface area contributed by atoms with Gasteiger partial charge in [-0.3, -0.25) is 4.79 Å². The van der Waals surface area contributed by atoms with Crippen molar-refractivity contribution in [3.63, 3.8) is 0 Å². The van der Waals surface area contributed by atoms with Crippen molar-refractivity contribution in [1.29, 1.82) is 0 Å². The Labute approximate surface area is 142 Å². The lowest BCUT2D eigenvalue weighted by Crippen LogP contribution is -2.33. The van der Waals surface area contributed by atoms with E-state index in [4.69, 9.17) is 16.7 Å². The number of aromatic nitrogens is 2. The van der Waals surface area contributed by atoms with Crippen LogP contribution in [0.4, 0.5) is 17.6 Å². The number of nitrogens with zero attached hydrogens (tertiary/aromatic N) is 2. The van der Waals surface area contributed by atoms with Gasteiger partial charge in [0, 0.05) is 11.6 Å². The lowest BCUT2D eigenvalue weighted by Gasteiger charge is -2.16. The molecule has 1 atom stereocenters. The molecular formula is C14H9ClF4N2O4. The van der Waals surface area contributed by atoms with Gasteiger partial charge in [-0.05, 0) is 30.7 Å². The minimum absolute atomic E-state index is 0.0721. The van der Waals surface area contributed by atoms with Crippen LogP contribution in [0.15, 0.2) is 35.3 Å². The second kappa shape index (κ2) is 6.36. The molecule has 1 N–H and O–H groups in total. The molecule has 0 spiro atoms. The normalized spacial score (nSPS) is 14.0. The van der Waals surface area contributed by atoms with E-state index in [1.807, 2.05) is 0 Å². The van der Waals surface area contributed by atoms with E-state index in [1.54, 1.807) is 0 Å². The molecule has 1 aromatic heterocycles. The van der Waals surface area contributed by atoms with E-state index in [0.717, 1.165) is 19.1 Å². The average Bonchev–Trinajstić information content (AvgIpc) is 2.48. The molecule has 1 heterocycles. The number of rotatable bonds is 4. The van der Waals surface area contributed by atoms with Crippen LogP contribution in [0.2, 0.25) is 0 Å². The number of halogens is 5. The van der Waals surface area contributed by atoms with Gasteiger partial charge in [-0.15, -0.1) is 0 Å². The first-order valence-corrected chi connectivity index (χ1v) is 6.88. The van der Waals surface area contributed by atoms with Crippen molar-refractivity contribution in [2.45, 2.75) is 18.4 Å². The molecule has 0 aliphatic carbocycles. The maximum Gasteiger partial charge on any atom is 0.426 e. The summed E-state index contributed by atoms with van der Waals surface area (Å²) >= 11 is 5.03. The average molecular weight is 381 g/mol. The second-order valence-electron chi connectivity index (χ2n) is 4.82. The number of alkyl halides is 5. The Bertz CT molecular complexity index is 880. The van der Waals surface area contributed by atoms with Crippen LogP contribution in [-0.4, -0.2) is 26.2 Å². The highest BCUT2D eigenvalue weighted by Crippen LogP contribution is 2.30. The maximum atomic E-state index is 13.5. The van der Waals surface area contributed by atoms with E-state index in [2.05, 4.69) is 9.84 Å². The van der Waals surface area contributed by atoms with Gasteiger partial charge in [-0.1, -0.05) is 6.07 Å². The molecule has 0 aliphatic heterocycles. The maximum absolute atomic E-state index is 13.5. The van der Waals surface area contributed by atoms with E-state index >= 15 is 0 Å². The van der Waals surface area contributed by atoms with Crippen LogP contribution in [0.25, 0.3) is 5.69 Å². The molecule has 134 valence electrons. The molecule has 0 saturated carbocycles. The molecule has 0 bridgehead atoms. The second-order valence-corrected chi connectivity index (χ2v) is 5.31. The van der Waals surface area contributed by atoms with E-state index < -0.39 is 34.1 Å². The summed E-state index contributed by atoms with van der Waals surface area (Å²) in [6, 6.07) is 4.68. The topological polar surface area (TPSA) is 81.4 Å². The third-order valence-electron chi connectivity index (χ3n) is 3.08. The number of hydrogen-bond donors (Lipinski definition) is 1. The van der Waals surface area contributed by atoms with Crippen LogP contribution in [0, 0.1) is 6.92 Å². The van der Waals surface area contributed by atoms with Crippen LogP contribution in [0.5, 0.6) is 5.75 Å². The fourth-order valence-corrected chi connectivity index (χ4v) is 1.97. The first-order valence-electron chi connectivity index (χ1n) is 6.50. The molecule has 1 aromatic carbocycles. The summed E-state index contributed by atoms with van der Waals surface area (Å²) in [5.74, 6) is -2.47. The zero-order chi connectivity index (χ0) is 19.0. The van der Waals surface area contributed by atoms with Crippen molar-refractivity contribution in [2.24, 2.45) is 0 Å². The van der Waals surface area contributed by atoms with Crippen LogP contribution in [-0.2, 0) is 11.0 Å². The SMILES string of the molecule is Cc1c(C(F)(F)F)cnn(-c2cccc(OC(F)(Cl)C(=O)O)c2)c1=O. The number of hydrogen-bond acceptors (Lipinski definition) is 4. The van der Waals surface area contributed by atoms with Gasteiger partial charge in [-0.2, -0.15) is 27.3 Å². The predicted octanol–water partition coefficient (Wildman–Crippen LogP) is 2.89. The quantitative estimate of drug-likeness (QED) is 0.651. The highest BCUT2D eigenvalue weighted by molar-refractivity contribution is 6.31. The molecule has 0 radical (unpaired) electrons.